The van der Waals surface area contributed by atoms with Crippen molar-refractivity contribution in [3.05, 3.63) is 0 Å². The fourth-order valence-corrected chi connectivity index (χ4v) is 5.86. The Morgan fingerprint density at radius 1 is 1.19 bits per heavy atom. The predicted octanol–water partition coefficient (Wildman–Crippen LogP) is 3.68. The summed E-state index contributed by atoms with van der Waals surface area (Å²) in [5.41, 5.74) is 0.556. The quantitative estimate of drug-likeness (QED) is 0.753. The highest BCUT2D eigenvalue weighted by Gasteiger charge is 2.50. The van der Waals surface area contributed by atoms with Crippen molar-refractivity contribution in [1.29, 1.82) is 0 Å². The van der Waals surface area contributed by atoms with Crippen molar-refractivity contribution < 1.29 is 9.90 Å². The highest BCUT2D eigenvalue weighted by Crippen LogP contribution is 2.61. The van der Waals surface area contributed by atoms with Crippen LogP contribution in [0.15, 0.2) is 0 Å². The molecule has 4 rings (SSSR count). The summed E-state index contributed by atoms with van der Waals surface area (Å²) in [7, 11) is 0. The number of hydrogen-bond donors (Lipinski definition) is 2. The standard InChI is InChI=1S/C18H31NO2/c1-3-12(2)16(17(20)21)19-5-4-18-9-13-6-14(10-18)8-15(7-13)11-18/h12-16,19H,3-11H2,1-2H3,(H,20,21)/t12-,13?,14?,15?,16-,18?/m0/s1. The van der Waals surface area contributed by atoms with Gasteiger partial charge in [-0.25, -0.2) is 0 Å². The van der Waals surface area contributed by atoms with Crippen LogP contribution in [0.25, 0.3) is 0 Å². The Balaban J connectivity index is 1.54. The number of hydrogen-bond acceptors (Lipinski definition) is 2. The van der Waals surface area contributed by atoms with Gasteiger partial charge >= 0.3 is 5.97 Å². The lowest BCUT2D eigenvalue weighted by atomic mass is 9.49. The Morgan fingerprint density at radius 2 is 1.71 bits per heavy atom. The molecule has 4 bridgehead atoms. The summed E-state index contributed by atoms with van der Waals surface area (Å²) in [4.78, 5) is 11.4. The molecule has 0 aromatic heterocycles. The zero-order chi connectivity index (χ0) is 15.0. The van der Waals surface area contributed by atoms with Gasteiger partial charge in [-0.3, -0.25) is 4.79 Å². The summed E-state index contributed by atoms with van der Waals surface area (Å²) in [6, 6.07) is -0.371. The van der Waals surface area contributed by atoms with Gasteiger partial charge in [0, 0.05) is 0 Å². The molecule has 3 nitrogen and oxygen atoms in total. The Bertz CT molecular complexity index is 357. The van der Waals surface area contributed by atoms with Crippen molar-refractivity contribution in [1.82, 2.24) is 5.32 Å². The van der Waals surface area contributed by atoms with Crippen LogP contribution in [0, 0.1) is 29.1 Å². The lowest BCUT2D eigenvalue weighted by molar-refractivity contribution is -0.141. The van der Waals surface area contributed by atoms with E-state index >= 15 is 0 Å². The molecule has 3 heteroatoms. The number of carboxylic acid groups (broad SMARTS) is 1. The Kier molecular flexibility index (Phi) is 4.31. The lowest BCUT2D eigenvalue weighted by Gasteiger charge is -2.57. The van der Waals surface area contributed by atoms with Crippen molar-refractivity contribution in [2.45, 2.75) is 71.3 Å². The first-order valence-electron chi connectivity index (χ1n) is 8.97. The Labute approximate surface area is 128 Å². The maximum atomic E-state index is 11.4. The summed E-state index contributed by atoms with van der Waals surface area (Å²) in [5.74, 6) is 2.48. The van der Waals surface area contributed by atoms with Crippen LogP contribution in [0.1, 0.15) is 65.2 Å². The van der Waals surface area contributed by atoms with Gasteiger partial charge in [0.05, 0.1) is 0 Å². The van der Waals surface area contributed by atoms with Crippen molar-refractivity contribution in [2.24, 2.45) is 29.1 Å². The topological polar surface area (TPSA) is 49.3 Å². The van der Waals surface area contributed by atoms with Gasteiger partial charge in [-0.2, -0.15) is 0 Å². The van der Waals surface area contributed by atoms with E-state index in [1.807, 2.05) is 6.92 Å². The van der Waals surface area contributed by atoms with Crippen LogP contribution in [-0.4, -0.2) is 23.7 Å². The molecule has 0 unspecified atom stereocenters. The van der Waals surface area contributed by atoms with Gasteiger partial charge < -0.3 is 10.4 Å². The molecule has 21 heavy (non-hydrogen) atoms. The van der Waals surface area contributed by atoms with Crippen LogP contribution < -0.4 is 5.32 Å². The number of nitrogens with one attached hydrogen (secondary N) is 1. The third-order valence-corrected chi connectivity index (χ3v) is 6.66. The van der Waals surface area contributed by atoms with Gasteiger partial charge in [-0.1, -0.05) is 20.3 Å². The second kappa shape index (κ2) is 5.91. The summed E-state index contributed by atoms with van der Waals surface area (Å²) in [6.45, 7) is 4.99. The molecule has 0 amide bonds. The van der Waals surface area contributed by atoms with Gasteiger partial charge in [0.15, 0.2) is 0 Å². The minimum absolute atomic E-state index is 0.207. The molecular formula is C18H31NO2. The monoisotopic (exact) mass is 293 g/mol. The van der Waals surface area contributed by atoms with Crippen molar-refractivity contribution in [2.75, 3.05) is 6.54 Å². The SMILES string of the molecule is CC[C@H](C)[C@H](NCCC12CC3CC(CC(C3)C1)C2)C(=O)O. The molecule has 0 radical (unpaired) electrons. The van der Waals surface area contributed by atoms with E-state index in [1.165, 1.54) is 44.9 Å². The maximum Gasteiger partial charge on any atom is 0.320 e. The molecule has 2 atom stereocenters. The Hall–Kier alpha value is -0.570. The summed E-state index contributed by atoms with van der Waals surface area (Å²) in [5, 5.41) is 12.7. The van der Waals surface area contributed by atoms with Gasteiger partial charge in [-0.15, -0.1) is 0 Å². The van der Waals surface area contributed by atoms with Gasteiger partial charge in [-0.05, 0) is 80.6 Å². The molecular weight excluding hydrogens is 262 g/mol. The number of carboxylic acids is 1. The molecule has 0 aromatic carbocycles. The zero-order valence-electron chi connectivity index (χ0n) is 13.6. The van der Waals surface area contributed by atoms with Crippen LogP contribution in [0.3, 0.4) is 0 Å². The van der Waals surface area contributed by atoms with Gasteiger partial charge in [0.25, 0.3) is 0 Å². The van der Waals surface area contributed by atoms with Crippen LogP contribution in [0.4, 0.5) is 0 Å². The molecule has 0 aromatic rings. The van der Waals surface area contributed by atoms with Gasteiger partial charge in [0.1, 0.15) is 6.04 Å². The molecule has 120 valence electrons. The molecule has 4 aliphatic carbocycles. The highest BCUT2D eigenvalue weighted by atomic mass is 16.4. The minimum atomic E-state index is -0.685. The average molecular weight is 293 g/mol. The van der Waals surface area contributed by atoms with E-state index in [-0.39, 0.29) is 12.0 Å². The van der Waals surface area contributed by atoms with Crippen molar-refractivity contribution in [3.63, 3.8) is 0 Å². The summed E-state index contributed by atoms with van der Waals surface area (Å²) >= 11 is 0. The maximum absolute atomic E-state index is 11.4. The highest BCUT2D eigenvalue weighted by molar-refractivity contribution is 5.73. The van der Waals surface area contributed by atoms with Gasteiger partial charge in [0.2, 0.25) is 0 Å². The van der Waals surface area contributed by atoms with E-state index in [4.69, 9.17) is 0 Å². The second-order valence-electron chi connectivity index (χ2n) is 8.32. The summed E-state index contributed by atoms with van der Waals surface area (Å²) < 4.78 is 0. The van der Waals surface area contributed by atoms with E-state index in [9.17, 15) is 9.90 Å². The minimum Gasteiger partial charge on any atom is -0.480 e. The first kappa shape index (κ1) is 15.3. The van der Waals surface area contributed by atoms with E-state index in [0.717, 1.165) is 30.7 Å². The Morgan fingerprint density at radius 3 is 2.14 bits per heavy atom. The smallest absolute Gasteiger partial charge is 0.320 e. The van der Waals surface area contributed by atoms with E-state index in [0.29, 0.717) is 5.41 Å². The zero-order valence-corrected chi connectivity index (χ0v) is 13.6. The second-order valence-corrected chi connectivity index (χ2v) is 8.32. The molecule has 4 fully saturated rings. The number of aliphatic carboxylic acids is 1. The van der Waals surface area contributed by atoms with E-state index in [1.54, 1.807) is 0 Å². The molecule has 0 saturated heterocycles. The van der Waals surface area contributed by atoms with Crippen LogP contribution in [0.5, 0.6) is 0 Å². The van der Waals surface area contributed by atoms with E-state index in [2.05, 4.69) is 12.2 Å². The third kappa shape index (κ3) is 3.13. The molecule has 4 aliphatic rings. The summed E-state index contributed by atoms with van der Waals surface area (Å²) in [6.07, 6.45) is 10.8. The van der Waals surface area contributed by atoms with Crippen molar-refractivity contribution >= 4 is 5.97 Å². The van der Waals surface area contributed by atoms with Crippen molar-refractivity contribution in [3.8, 4) is 0 Å². The normalized spacial score (nSPS) is 40.2. The first-order chi connectivity index (χ1) is 10.0. The molecule has 0 spiro atoms. The fourth-order valence-electron chi connectivity index (χ4n) is 5.86. The first-order valence-corrected chi connectivity index (χ1v) is 8.97. The average Bonchev–Trinajstić information content (AvgIpc) is 2.41. The molecule has 0 aliphatic heterocycles. The predicted molar refractivity (Wildman–Crippen MR) is 84.1 cm³/mol. The fraction of sp³-hybridized carbons (Fsp3) is 0.944. The third-order valence-electron chi connectivity index (χ3n) is 6.66. The van der Waals surface area contributed by atoms with Crippen LogP contribution in [0.2, 0.25) is 0 Å². The number of carbonyl (C=O) groups is 1. The van der Waals surface area contributed by atoms with E-state index < -0.39 is 5.97 Å². The van der Waals surface area contributed by atoms with Crippen LogP contribution >= 0.6 is 0 Å². The largest absolute Gasteiger partial charge is 0.480 e. The number of rotatable bonds is 7. The lowest BCUT2D eigenvalue weighted by Crippen LogP contribution is -2.48. The molecule has 2 N–H and O–H groups in total. The van der Waals surface area contributed by atoms with Crippen LogP contribution in [-0.2, 0) is 4.79 Å². The molecule has 4 saturated carbocycles. The molecule has 0 heterocycles.